The molecule has 2 aliphatic heterocycles. The number of hydrogen-bond donors (Lipinski definition) is 1. The summed E-state index contributed by atoms with van der Waals surface area (Å²) in [6.07, 6.45) is 2.57. The number of carbonyl (C=O) groups is 1. The van der Waals surface area contributed by atoms with E-state index in [9.17, 15) is 4.79 Å². The van der Waals surface area contributed by atoms with Crippen LogP contribution >= 0.6 is 0 Å². The van der Waals surface area contributed by atoms with Gasteiger partial charge in [0.2, 0.25) is 5.91 Å². The highest BCUT2D eigenvalue weighted by molar-refractivity contribution is 5.79. The molecule has 4 rings (SSSR count). The number of ether oxygens (including phenoxy) is 1. The van der Waals surface area contributed by atoms with Crippen LogP contribution in [0.5, 0.6) is 0 Å². The molecule has 2 aromatic rings. The van der Waals surface area contributed by atoms with Crippen molar-refractivity contribution in [2.24, 2.45) is 5.92 Å². The Kier molecular flexibility index (Phi) is 6.56. The lowest BCUT2D eigenvalue weighted by molar-refractivity contribution is -0.125. The van der Waals surface area contributed by atoms with Crippen molar-refractivity contribution in [1.29, 1.82) is 0 Å². The maximum Gasteiger partial charge on any atom is 0.223 e. The summed E-state index contributed by atoms with van der Waals surface area (Å²) in [7, 11) is 0. The molecule has 2 aliphatic rings. The van der Waals surface area contributed by atoms with Gasteiger partial charge in [-0.3, -0.25) is 4.79 Å². The highest BCUT2D eigenvalue weighted by Gasteiger charge is 2.25. The van der Waals surface area contributed by atoms with Crippen molar-refractivity contribution in [1.82, 2.24) is 15.5 Å². The first-order valence-electron chi connectivity index (χ1n) is 10.5. The molecule has 1 N–H and O–H groups in total. The Morgan fingerprint density at radius 1 is 0.931 bits per heavy atom. The van der Waals surface area contributed by atoms with Crippen LogP contribution in [0.1, 0.15) is 18.4 Å². The van der Waals surface area contributed by atoms with Crippen molar-refractivity contribution >= 4 is 17.5 Å². The monoisotopic (exact) mass is 395 g/mol. The SMILES string of the molecule is O=C(NCCc1ccccc1)C1CCN(c2ccc(N3CCOCC3)nn2)CC1. The van der Waals surface area contributed by atoms with Gasteiger partial charge in [0.15, 0.2) is 11.6 Å². The first-order chi connectivity index (χ1) is 14.3. The smallest absolute Gasteiger partial charge is 0.223 e. The number of nitrogens with zero attached hydrogens (tertiary/aromatic N) is 4. The zero-order valence-corrected chi connectivity index (χ0v) is 16.8. The summed E-state index contributed by atoms with van der Waals surface area (Å²) in [6.45, 7) is 5.56. The highest BCUT2D eigenvalue weighted by Crippen LogP contribution is 2.23. The zero-order valence-electron chi connectivity index (χ0n) is 16.8. The van der Waals surface area contributed by atoms with E-state index in [0.717, 1.165) is 70.3 Å². The van der Waals surface area contributed by atoms with E-state index in [2.05, 4.69) is 37.4 Å². The molecule has 2 saturated heterocycles. The van der Waals surface area contributed by atoms with Gasteiger partial charge in [0.1, 0.15) is 0 Å². The normalized spacial score (nSPS) is 17.9. The zero-order chi connectivity index (χ0) is 19.9. The van der Waals surface area contributed by atoms with E-state index in [0.29, 0.717) is 6.54 Å². The number of nitrogens with one attached hydrogen (secondary N) is 1. The van der Waals surface area contributed by atoms with Crippen LogP contribution in [0.3, 0.4) is 0 Å². The molecule has 7 heteroatoms. The Labute approximate surface area is 172 Å². The molecule has 7 nitrogen and oxygen atoms in total. The van der Waals surface area contributed by atoms with Crippen LogP contribution in [0.25, 0.3) is 0 Å². The molecule has 0 saturated carbocycles. The third-order valence-electron chi connectivity index (χ3n) is 5.72. The van der Waals surface area contributed by atoms with E-state index < -0.39 is 0 Å². The van der Waals surface area contributed by atoms with Crippen molar-refractivity contribution in [2.75, 3.05) is 55.7 Å². The predicted octanol–water partition coefficient (Wildman–Crippen LogP) is 1.89. The van der Waals surface area contributed by atoms with E-state index in [1.165, 1.54) is 5.56 Å². The molecule has 2 fully saturated rings. The summed E-state index contributed by atoms with van der Waals surface area (Å²) in [5.74, 6) is 2.06. The van der Waals surface area contributed by atoms with Crippen molar-refractivity contribution in [3.05, 3.63) is 48.0 Å². The van der Waals surface area contributed by atoms with Crippen molar-refractivity contribution in [2.45, 2.75) is 19.3 Å². The quantitative estimate of drug-likeness (QED) is 0.806. The van der Waals surface area contributed by atoms with E-state index in [-0.39, 0.29) is 11.8 Å². The summed E-state index contributed by atoms with van der Waals surface area (Å²) < 4.78 is 5.39. The Balaban J connectivity index is 1.22. The third-order valence-corrected chi connectivity index (χ3v) is 5.72. The van der Waals surface area contributed by atoms with Gasteiger partial charge in [-0.05, 0) is 37.0 Å². The summed E-state index contributed by atoms with van der Waals surface area (Å²) >= 11 is 0. The average Bonchev–Trinajstić information content (AvgIpc) is 2.80. The lowest BCUT2D eigenvalue weighted by atomic mass is 9.96. The summed E-state index contributed by atoms with van der Waals surface area (Å²) in [6, 6.07) is 14.3. The van der Waals surface area contributed by atoms with Gasteiger partial charge in [-0.15, -0.1) is 10.2 Å². The highest BCUT2D eigenvalue weighted by atomic mass is 16.5. The number of amides is 1. The minimum absolute atomic E-state index is 0.0857. The minimum Gasteiger partial charge on any atom is -0.378 e. The Morgan fingerprint density at radius 2 is 1.55 bits per heavy atom. The van der Waals surface area contributed by atoms with E-state index >= 15 is 0 Å². The van der Waals surface area contributed by atoms with Gasteiger partial charge in [-0.1, -0.05) is 30.3 Å². The van der Waals surface area contributed by atoms with Crippen LogP contribution in [0.15, 0.2) is 42.5 Å². The van der Waals surface area contributed by atoms with Crippen molar-refractivity contribution in [3.63, 3.8) is 0 Å². The maximum atomic E-state index is 12.5. The molecule has 1 amide bonds. The molecule has 0 radical (unpaired) electrons. The molecule has 3 heterocycles. The van der Waals surface area contributed by atoms with Crippen LogP contribution in [-0.4, -0.2) is 62.0 Å². The summed E-state index contributed by atoms with van der Waals surface area (Å²) in [5, 5.41) is 11.9. The molecule has 29 heavy (non-hydrogen) atoms. The third kappa shape index (κ3) is 5.23. The van der Waals surface area contributed by atoms with Gasteiger partial charge >= 0.3 is 0 Å². The van der Waals surface area contributed by atoms with Crippen LogP contribution in [0.4, 0.5) is 11.6 Å². The topological polar surface area (TPSA) is 70.6 Å². The molecular weight excluding hydrogens is 366 g/mol. The number of benzene rings is 1. The standard InChI is InChI=1S/C22H29N5O2/c28-22(23-11-8-18-4-2-1-3-5-18)19-9-12-26(13-10-19)20-6-7-21(25-24-20)27-14-16-29-17-15-27/h1-7,19H,8-17H2,(H,23,28). The van der Waals surface area contributed by atoms with Crippen molar-refractivity contribution < 1.29 is 9.53 Å². The van der Waals surface area contributed by atoms with E-state index in [1.54, 1.807) is 0 Å². The number of rotatable bonds is 6. The first-order valence-corrected chi connectivity index (χ1v) is 10.5. The van der Waals surface area contributed by atoms with Crippen LogP contribution < -0.4 is 15.1 Å². The Morgan fingerprint density at radius 3 is 2.17 bits per heavy atom. The fraction of sp³-hybridized carbons (Fsp3) is 0.500. The van der Waals surface area contributed by atoms with Gasteiger partial charge in [0, 0.05) is 38.6 Å². The molecule has 0 aliphatic carbocycles. The number of piperidine rings is 1. The second-order valence-electron chi connectivity index (χ2n) is 7.64. The van der Waals surface area contributed by atoms with E-state index in [1.807, 2.05) is 30.3 Å². The maximum absolute atomic E-state index is 12.5. The predicted molar refractivity (Wildman–Crippen MR) is 113 cm³/mol. The van der Waals surface area contributed by atoms with E-state index in [4.69, 9.17) is 4.74 Å². The average molecular weight is 396 g/mol. The van der Waals surface area contributed by atoms with Crippen LogP contribution in [0, 0.1) is 5.92 Å². The number of anilines is 2. The minimum atomic E-state index is 0.0857. The molecule has 1 aromatic heterocycles. The van der Waals surface area contributed by atoms with Gasteiger partial charge in [-0.2, -0.15) is 0 Å². The number of hydrogen-bond acceptors (Lipinski definition) is 6. The van der Waals surface area contributed by atoms with Crippen LogP contribution in [0.2, 0.25) is 0 Å². The van der Waals surface area contributed by atoms with Crippen molar-refractivity contribution in [3.8, 4) is 0 Å². The Hall–Kier alpha value is -2.67. The number of carbonyl (C=O) groups excluding carboxylic acids is 1. The van der Waals surface area contributed by atoms with Gasteiger partial charge in [-0.25, -0.2) is 0 Å². The van der Waals surface area contributed by atoms with Gasteiger partial charge < -0.3 is 19.9 Å². The second kappa shape index (κ2) is 9.69. The summed E-state index contributed by atoms with van der Waals surface area (Å²) in [4.78, 5) is 16.9. The first kappa shape index (κ1) is 19.6. The molecule has 0 atom stereocenters. The molecule has 1 aromatic carbocycles. The number of morpholine rings is 1. The molecule has 0 unspecified atom stereocenters. The molecular formula is C22H29N5O2. The molecule has 0 bridgehead atoms. The lowest BCUT2D eigenvalue weighted by Crippen LogP contribution is -2.41. The summed E-state index contributed by atoms with van der Waals surface area (Å²) in [5.41, 5.74) is 1.25. The largest absolute Gasteiger partial charge is 0.378 e. The second-order valence-corrected chi connectivity index (χ2v) is 7.64. The van der Waals surface area contributed by atoms with Crippen LogP contribution in [-0.2, 0) is 16.0 Å². The molecule has 0 spiro atoms. The fourth-order valence-electron chi connectivity index (χ4n) is 3.94. The number of aromatic nitrogens is 2. The van der Waals surface area contributed by atoms with Gasteiger partial charge in [0.25, 0.3) is 0 Å². The van der Waals surface area contributed by atoms with Gasteiger partial charge in [0.05, 0.1) is 13.2 Å². The fourth-order valence-corrected chi connectivity index (χ4v) is 3.94. The lowest BCUT2D eigenvalue weighted by Gasteiger charge is -2.32. The molecule has 154 valence electrons. The Bertz CT molecular complexity index is 770.